The second-order valence-corrected chi connectivity index (χ2v) is 5.63. The highest BCUT2D eigenvalue weighted by Gasteiger charge is 2.26. The van der Waals surface area contributed by atoms with E-state index in [1.54, 1.807) is 6.20 Å². The van der Waals surface area contributed by atoms with Crippen LogP contribution in [0, 0.1) is 6.92 Å². The van der Waals surface area contributed by atoms with E-state index in [1.165, 1.54) is 0 Å². The predicted octanol–water partition coefficient (Wildman–Crippen LogP) is 1.60. The van der Waals surface area contributed by atoms with E-state index in [-0.39, 0.29) is 5.91 Å². The van der Waals surface area contributed by atoms with Crippen LogP contribution in [0.25, 0.3) is 0 Å². The highest BCUT2D eigenvalue weighted by atomic mass is 16.2. The number of aryl methyl sites for hydroxylation is 1. The SMILES string of the molecule is CNc1cc(C)ncc1C(=O)N1CCCC(N(C)C)C1. The van der Waals surface area contributed by atoms with Crippen LogP contribution < -0.4 is 5.32 Å². The molecular formula is C15H24N4O. The fourth-order valence-corrected chi connectivity index (χ4v) is 2.67. The maximum Gasteiger partial charge on any atom is 0.257 e. The van der Waals surface area contributed by atoms with Crippen molar-refractivity contribution >= 4 is 11.6 Å². The molecule has 1 aromatic heterocycles. The number of hydrogen-bond donors (Lipinski definition) is 1. The van der Waals surface area contributed by atoms with Crippen molar-refractivity contribution in [2.75, 3.05) is 39.5 Å². The Labute approximate surface area is 121 Å². The maximum atomic E-state index is 12.7. The molecule has 5 nitrogen and oxygen atoms in total. The summed E-state index contributed by atoms with van der Waals surface area (Å²) in [6.07, 6.45) is 3.90. The van der Waals surface area contributed by atoms with Crippen molar-refractivity contribution < 1.29 is 4.79 Å². The van der Waals surface area contributed by atoms with Crippen LogP contribution in [0.2, 0.25) is 0 Å². The molecule has 0 spiro atoms. The molecule has 0 bridgehead atoms. The average Bonchev–Trinajstić information content (AvgIpc) is 2.46. The molecule has 1 saturated heterocycles. The fraction of sp³-hybridized carbons (Fsp3) is 0.600. The summed E-state index contributed by atoms with van der Waals surface area (Å²) in [7, 11) is 5.99. The average molecular weight is 276 g/mol. The van der Waals surface area contributed by atoms with Crippen LogP contribution in [0.1, 0.15) is 28.9 Å². The van der Waals surface area contributed by atoms with Gasteiger partial charge in [-0.25, -0.2) is 0 Å². The van der Waals surface area contributed by atoms with E-state index in [9.17, 15) is 4.79 Å². The van der Waals surface area contributed by atoms with Crippen LogP contribution in [-0.4, -0.2) is 61.0 Å². The number of likely N-dealkylation sites (N-methyl/N-ethyl adjacent to an activating group) is 1. The third kappa shape index (κ3) is 3.10. The van der Waals surface area contributed by atoms with Gasteiger partial charge in [0, 0.05) is 38.1 Å². The zero-order chi connectivity index (χ0) is 14.7. The van der Waals surface area contributed by atoms with Crippen LogP contribution in [0.5, 0.6) is 0 Å². The van der Waals surface area contributed by atoms with Crippen molar-refractivity contribution in [3.63, 3.8) is 0 Å². The molecule has 1 aliphatic heterocycles. The number of likely N-dealkylation sites (tertiary alicyclic amines) is 1. The first-order chi connectivity index (χ1) is 9.52. The Morgan fingerprint density at radius 3 is 2.90 bits per heavy atom. The number of piperidine rings is 1. The third-order valence-corrected chi connectivity index (χ3v) is 3.95. The molecule has 1 aliphatic rings. The summed E-state index contributed by atoms with van der Waals surface area (Å²) in [6.45, 7) is 3.56. The lowest BCUT2D eigenvalue weighted by molar-refractivity contribution is 0.0635. The Morgan fingerprint density at radius 2 is 2.25 bits per heavy atom. The van der Waals surface area contributed by atoms with Gasteiger partial charge in [0.05, 0.1) is 11.3 Å². The first-order valence-corrected chi connectivity index (χ1v) is 7.13. The molecular weight excluding hydrogens is 252 g/mol. The Kier molecular flexibility index (Phi) is 4.60. The van der Waals surface area contributed by atoms with Crippen LogP contribution >= 0.6 is 0 Å². The molecule has 1 aromatic rings. The molecule has 1 atom stereocenters. The van der Waals surface area contributed by atoms with E-state index in [1.807, 2.05) is 24.9 Å². The van der Waals surface area contributed by atoms with Gasteiger partial charge in [-0.3, -0.25) is 9.78 Å². The smallest absolute Gasteiger partial charge is 0.257 e. The van der Waals surface area contributed by atoms with Crippen molar-refractivity contribution in [3.05, 3.63) is 23.5 Å². The molecule has 0 aromatic carbocycles. The van der Waals surface area contributed by atoms with Gasteiger partial charge >= 0.3 is 0 Å². The Hall–Kier alpha value is -1.62. The molecule has 5 heteroatoms. The van der Waals surface area contributed by atoms with E-state index >= 15 is 0 Å². The van der Waals surface area contributed by atoms with E-state index in [4.69, 9.17) is 0 Å². The molecule has 20 heavy (non-hydrogen) atoms. The minimum atomic E-state index is 0.0772. The van der Waals surface area contributed by atoms with Gasteiger partial charge in [0.15, 0.2) is 0 Å². The summed E-state index contributed by atoms with van der Waals surface area (Å²) in [5.74, 6) is 0.0772. The molecule has 0 radical (unpaired) electrons. The van der Waals surface area contributed by atoms with Crippen LogP contribution in [0.15, 0.2) is 12.3 Å². The Bertz CT molecular complexity index is 487. The van der Waals surface area contributed by atoms with Crippen LogP contribution in [0.3, 0.4) is 0 Å². The number of carbonyl (C=O) groups is 1. The number of amides is 1. The largest absolute Gasteiger partial charge is 0.387 e. The summed E-state index contributed by atoms with van der Waals surface area (Å²) < 4.78 is 0. The minimum Gasteiger partial charge on any atom is -0.387 e. The molecule has 1 amide bonds. The Morgan fingerprint density at radius 1 is 1.50 bits per heavy atom. The first-order valence-electron chi connectivity index (χ1n) is 7.13. The van der Waals surface area contributed by atoms with Gasteiger partial charge in [-0.2, -0.15) is 0 Å². The van der Waals surface area contributed by atoms with Gasteiger partial charge in [0.2, 0.25) is 0 Å². The zero-order valence-electron chi connectivity index (χ0n) is 12.8. The fourth-order valence-electron chi connectivity index (χ4n) is 2.67. The quantitative estimate of drug-likeness (QED) is 0.911. The standard InChI is InChI=1S/C15H24N4O/c1-11-8-14(16-2)13(9-17-11)15(20)19-7-5-6-12(10-19)18(3)4/h8-9,12H,5-7,10H2,1-4H3,(H,16,17). The van der Waals surface area contributed by atoms with Gasteiger partial charge < -0.3 is 15.1 Å². The number of hydrogen-bond acceptors (Lipinski definition) is 4. The van der Waals surface area contributed by atoms with Crippen molar-refractivity contribution in [2.45, 2.75) is 25.8 Å². The molecule has 1 fully saturated rings. The number of carbonyl (C=O) groups excluding carboxylic acids is 1. The number of anilines is 1. The first kappa shape index (κ1) is 14.8. The number of rotatable bonds is 3. The third-order valence-electron chi connectivity index (χ3n) is 3.95. The summed E-state index contributed by atoms with van der Waals surface area (Å²) in [5.41, 5.74) is 2.43. The predicted molar refractivity (Wildman–Crippen MR) is 81.1 cm³/mol. The highest BCUT2D eigenvalue weighted by Crippen LogP contribution is 2.21. The zero-order valence-corrected chi connectivity index (χ0v) is 12.8. The van der Waals surface area contributed by atoms with Crippen molar-refractivity contribution in [2.24, 2.45) is 0 Å². The van der Waals surface area contributed by atoms with E-state index < -0.39 is 0 Å². The lowest BCUT2D eigenvalue weighted by Crippen LogP contribution is -2.47. The lowest BCUT2D eigenvalue weighted by Gasteiger charge is -2.36. The number of nitrogens with zero attached hydrogens (tertiary/aromatic N) is 3. The Balaban J connectivity index is 2.18. The van der Waals surface area contributed by atoms with Crippen LogP contribution in [0.4, 0.5) is 5.69 Å². The van der Waals surface area contributed by atoms with Gasteiger partial charge in [-0.15, -0.1) is 0 Å². The van der Waals surface area contributed by atoms with Gasteiger partial charge in [0.1, 0.15) is 0 Å². The number of aromatic nitrogens is 1. The van der Waals surface area contributed by atoms with Gasteiger partial charge in [0.25, 0.3) is 5.91 Å². The summed E-state index contributed by atoms with van der Waals surface area (Å²) >= 11 is 0. The normalized spacial score (nSPS) is 19.2. The number of pyridine rings is 1. The number of nitrogens with one attached hydrogen (secondary N) is 1. The maximum absolute atomic E-state index is 12.7. The molecule has 2 heterocycles. The summed E-state index contributed by atoms with van der Waals surface area (Å²) in [4.78, 5) is 21.1. The van der Waals surface area contributed by atoms with E-state index in [0.29, 0.717) is 11.6 Å². The van der Waals surface area contributed by atoms with Crippen molar-refractivity contribution in [1.82, 2.24) is 14.8 Å². The van der Waals surface area contributed by atoms with E-state index in [2.05, 4.69) is 29.3 Å². The van der Waals surface area contributed by atoms with E-state index in [0.717, 1.165) is 37.3 Å². The van der Waals surface area contributed by atoms with Gasteiger partial charge in [-0.1, -0.05) is 0 Å². The topological polar surface area (TPSA) is 48.5 Å². The molecule has 2 rings (SSSR count). The molecule has 110 valence electrons. The molecule has 0 aliphatic carbocycles. The molecule has 1 unspecified atom stereocenters. The second kappa shape index (κ2) is 6.22. The second-order valence-electron chi connectivity index (χ2n) is 5.63. The highest BCUT2D eigenvalue weighted by molar-refractivity contribution is 5.99. The van der Waals surface area contributed by atoms with Crippen molar-refractivity contribution in [3.8, 4) is 0 Å². The van der Waals surface area contributed by atoms with Gasteiger partial charge in [-0.05, 0) is 39.9 Å². The lowest BCUT2D eigenvalue weighted by atomic mass is 10.0. The molecule has 0 saturated carbocycles. The molecule has 1 N–H and O–H groups in total. The van der Waals surface area contributed by atoms with Crippen molar-refractivity contribution in [1.29, 1.82) is 0 Å². The minimum absolute atomic E-state index is 0.0772. The summed E-state index contributed by atoms with van der Waals surface area (Å²) in [5, 5.41) is 3.09. The van der Waals surface area contributed by atoms with Crippen LogP contribution in [-0.2, 0) is 0 Å². The summed E-state index contributed by atoms with van der Waals surface area (Å²) in [6, 6.07) is 2.37. The monoisotopic (exact) mass is 276 g/mol.